The van der Waals surface area contributed by atoms with Gasteiger partial charge in [-0.25, -0.2) is 4.98 Å². The number of aryl methyl sites for hydroxylation is 2. The summed E-state index contributed by atoms with van der Waals surface area (Å²) >= 11 is 0. The third-order valence-electron chi connectivity index (χ3n) is 4.95. The first-order valence-electron chi connectivity index (χ1n) is 9.62. The second-order valence-corrected chi connectivity index (χ2v) is 8.68. The molecule has 4 aromatic rings. The highest BCUT2D eigenvalue weighted by Gasteiger charge is 2.16. The highest BCUT2D eigenvalue weighted by molar-refractivity contribution is 7.60. The minimum absolute atomic E-state index is 0.00666. The van der Waals surface area contributed by atoms with E-state index in [9.17, 15) is 19.6 Å². The van der Waals surface area contributed by atoms with E-state index in [0.29, 0.717) is 31.0 Å². The summed E-state index contributed by atoms with van der Waals surface area (Å²) in [6.45, 7) is 1.16. The molecule has 0 radical (unpaired) electrons. The molecule has 9 heteroatoms. The molecule has 2 aromatic heterocycles. The average molecular weight is 433 g/mol. The molecule has 0 saturated heterocycles. The Hall–Kier alpha value is -3.50. The van der Waals surface area contributed by atoms with Gasteiger partial charge in [0, 0.05) is 25.5 Å². The fraction of sp³-hybridized carbons (Fsp3) is 0.136. The van der Waals surface area contributed by atoms with Gasteiger partial charge < -0.3 is 19.7 Å². The van der Waals surface area contributed by atoms with Crippen molar-refractivity contribution in [3.05, 3.63) is 83.7 Å². The lowest BCUT2D eigenvalue weighted by atomic mass is 10.1. The molecule has 0 atom stereocenters. The van der Waals surface area contributed by atoms with E-state index in [1.807, 2.05) is 22.8 Å². The van der Waals surface area contributed by atoms with Crippen LogP contribution in [0.25, 0.3) is 11.0 Å². The van der Waals surface area contributed by atoms with Crippen molar-refractivity contribution in [2.24, 2.45) is 0 Å². The van der Waals surface area contributed by atoms with Crippen LogP contribution in [0.3, 0.4) is 0 Å². The summed E-state index contributed by atoms with van der Waals surface area (Å²) in [7, 11) is -4.25. The molecule has 0 amide bonds. The van der Waals surface area contributed by atoms with Crippen LogP contribution in [-0.4, -0.2) is 24.3 Å². The van der Waals surface area contributed by atoms with E-state index >= 15 is 0 Å². The Bertz CT molecular complexity index is 1290. The van der Waals surface area contributed by atoms with Crippen LogP contribution >= 0.6 is 7.60 Å². The molecule has 0 aliphatic heterocycles. The quantitative estimate of drug-likeness (QED) is 0.383. The molecule has 2 aromatic carbocycles. The molecule has 2 heterocycles. The van der Waals surface area contributed by atoms with Crippen LogP contribution in [0.15, 0.2) is 67.0 Å². The van der Waals surface area contributed by atoms with Crippen molar-refractivity contribution in [1.29, 1.82) is 5.26 Å². The molecule has 0 bridgehead atoms. The van der Waals surface area contributed by atoms with Gasteiger partial charge in [-0.15, -0.1) is 0 Å². The summed E-state index contributed by atoms with van der Waals surface area (Å²) in [5.41, 5.74) is 4.14. The first-order valence-corrected chi connectivity index (χ1v) is 11.2. The normalized spacial score (nSPS) is 11.4. The minimum atomic E-state index is -4.25. The largest absolute Gasteiger partial charge is 0.356 e. The van der Waals surface area contributed by atoms with Gasteiger partial charge in [-0.2, -0.15) is 5.26 Å². The zero-order valence-electron chi connectivity index (χ0n) is 16.5. The van der Waals surface area contributed by atoms with E-state index in [4.69, 9.17) is 0 Å². The van der Waals surface area contributed by atoms with Gasteiger partial charge in [0.25, 0.3) is 0 Å². The average Bonchev–Trinajstić information content (AvgIpc) is 3.13. The fourth-order valence-corrected chi connectivity index (χ4v) is 3.88. The summed E-state index contributed by atoms with van der Waals surface area (Å²) in [6, 6.07) is 17.8. The van der Waals surface area contributed by atoms with Crippen LogP contribution in [0.2, 0.25) is 0 Å². The summed E-state index contributed by atoms with van der Waals surface area (Å²) < 4.78 is 13.4. The summed E-state index contributed by atoms with van der Waals surface area (Å²) in [5, 5.41) is 12.5. The first-order chi connectivity index (χ1) is 14.9. The van der Waals surface area contributed by atoms with Gasteiger partial charge >= 0.3 is 7.60 Å². The van der Waals surface area contributed by atoms with Crippen molar-refractivity contribution >= 4 is 29.9 Å². The second kappa shape index (κ2) is 8.70. The Morgan fingerprint density at radius 3 is 2.58 bits per heavy atom. The standard InChI is InChI=1S/C22H20N5O3P/c23-13-17-5-8-21-20(12-17)26-22(25-15-18-2-1-10-24-14-18)27(21)11-9-16-3-6-19(7-4-16)31(28,29)30/h1-8,10,12,14H,9,11,15H2,(H,25,26)(H2,28,29,30). The second-order valence-electron chi connectivity index (χ2n) is 7.08. The van der Waals surface area contributed by atoms with Crippen molar-refractivity contribution in [2.75, 3.05) is 5.32 Å². The van der Waals surface area contributed by atoms with Crippen LogP contribution in [0.5, 0.6) is 0 Å². The SMILES string of the molecule is N#Cc1ccc2c(c1)nc(NCc1cccnc1)n2CCc1ccc(P(=O)(O)O)cc1. The zero-order valence-corrected chi connectivity index (χ0v) is 17.4. The Morgan fingerprint density at radius 1 is 1.10 bits per heavy atom. The number of rotatable bonds is 7. The molecule has 0 unspecified atom stereocenters. The molecule has 0 aliphatic rings. The minimum Gasteiger partial charge on any atom is -0.351 e. The van der Waals surface area contributed by atoms with Crippen molar-refractivity contribution in [1.82, 2.24) is 14.5 Å². The number of benzene rings is 2. The van der Waals surface area contributed by atoms with Crippen molar-refractivity contribution < 1.29 is 14.4 Å². The maximum atomic E-state index is 11.4. The molecule has 4 rings (SSSR count). The van der Waals surface area contributed by atoms with E-state index in [-0.39, 0.29) is 5.30 Å². The number of imidazole rings is 1. The molecule has 0 saturated carbocycles. The van der Waals surface area contributed by atoms with E-state index in [1.165, 1.54) is 12.1 Å². The topological polar surface area (TPSA) is 124 Å². The van der Waals surface area contributed by atoms with Crippen LogP contribution in [0.1, 0.15) is 16.7 Å². The lowest BCUT2D eigenvalue weighted by molar-refractivity contribution is 0.387. The zero-order chi connectivity index (χ0) is 21.8. The lowest BCUT2D eigenvalue weighted by Crippen LogP contribution is -2.10. The number of aromatic nitrogens is 3. The van der Waals surface area contributed by atoms with Gasteiger partial charge in [0.1, 0.15) is 0 Å². The number of hydrogen-bond donors (Lipinski definition) is 3. The van der Waals surface area contributed by atoms with Crippen LogP contribution in [0.4, 0.5) is 5.95 Å². The lowest BCUT2D eigenvalue weighted by Gasteiger charge is -2.12. The van der Waals surface area contributed by atoms with Crippen LogP contribution < -0.4 is 10.6 Å². The Morgan fingerprint density at radius 2 is 1.90 bits per heavy atom. The van der Waals surface area contributed by atoms with Crippen LogP contribution in [0, 0.1) is 11.3 Å². The maximum Gasteiger partial charge on any atom is 0.356 e. The first kappa shape index (κ1) is 20.8. The van der Waals surface area contributed by atoms with E-state index < -0.39 is 7.60 Å². The number of hydrogen-bond acceptors (Lipinski definition) is 5. The number of fused-ring (bicyclic) bond motifs is 1. The summed E-state index contributed by atoms with van der Waals surface area (Å²) in [5.74, 6) is 0.681. The number of nitriles is 1. The predicted octanol–water partition coefficient (Wildman–Crippen LogP) is 2.96. The summed E-state index contributed by atoms with van der Waals surface area (Å²) in [4.78, 5) is 27.3. The summed E-state index contributed by atoms with van der Waals surface area (Å²) in [6.07, 6.45) is 4.16. The molecule has 156 valence electrons. The van der Waals surface area contributed by atoms with E-state index in [0.717, 1.165) is 22.2 Å². The molecular formula is C22H20N5O3P. The molecule has 3 N–H and O–H groups in total. The van der Waals surface area contributed by atoms with Crippen molar-refractivity contribution in [3.8, 4) is 6.07 Å². The van der Waals surface area contributed by atoms with Crippen molar-refractivity contribution in [2.45, 2.75) is 19.5 Å². The number of pyridine rings is 1. The van der Waals surface area contributed by atoms with Gasteiger partial charge in [-0.3, -0.25) is 9.55 Å². The monoisotopic (exact) mass is 433 g/mol. The van der Waals surface area contributed by atoms with E-state index in [2.05, 4.69) is 21.4 Å². The molecule has 0 fully saturated rings. The Labute approximate surface area is 179 Å². The van der Waals surface area contributed by atoms with Gasteiger partial charge in [0.15, 0.2) is 0 Å². The smallest absolute Gasteiger partial charge is 0.351 e. The molecule has 31 heavy (non-hydrogen) atoms. The predicted molar refractivity (Wildman–Crippen MR) is 118 cm³/mol. The highest BCUT2D eigenvalue weighted by atomic mass is 31.2. The molecule has 8 nitrogen and oxygen atoms in total. The van der Waals surface area contributed by atoms with Gasteiger partial charge in [0.05, 0.1) is 28.0 Å². The third kappa shape index (κ3) is 4.81. The third-order valence-corrected chi connectivity index (χ3v) is 5.92. The number of nitrogens with one attached hydrogen (secondary N) is 1. The molecule has 0 aliphatic carbocycles. The Kier molecular flexibility index (Phi) is 5.83. The van der Waals surface area contributed by atoms with Crippen molar-refractivity contribution in [3.63, 3.8) is 0 Å². The molecule has 0 spiro atoms. The highest BCUT2D eigenvalue weighted by Crippen LogP contribution is 2.33. The van der Waals surface area contributed by atoms with Crippen LogP contribution in [-0.2, 0) is 24.1 Å². The van der Waals surface area contributed by atoms with Gasteiger partial charge in [0.2, 0.25) is 5.95 Å². The fourth-order valence-electron chi connectivity index (χ4n) is 3.34. The Balaban J connectivity index is 1.59. The maximum absolute atomic E-state index is 11.4. The van der Waals surface area contributed by atoms with Gasteiger partial charge in [-0.1, -0.05) is 18.2 Å². The van der Waals surface area contributed by atoms with Gasteiger partial charge in [-0.05, 0) is 53.9 Å². The number of nitrogens with zero attached hydrogens (tertiary/aromatic N) is 4. The molecular weight excluding hydrogens is 413 g/mol. The van der Waals surface area contributed by atoms with E-state index in [1.54, 1.807) is 36.7 Å². The number of anilines is 1.